The lowest BCUT2D eigenvalue weighted by atomic mass is 9.92. The summed E-state index contributed by atoms with van der Waals surface area (Å²) in [4.78, 5) is 41.4. The zero-order chi connectivity index (χ0) is 15.0. The van der Waals surface area contributed by atoms with E-state index < -0.39 is 11.9 Å². The number of hydrogen-bond acceptors (Lipinski definition) is 5. The molecule has 2 aliphatic rings. The maximum absolute atomic E-state index is 12.7. The van der Waals surface area contributed by atoms with Crippen molar-refractivity contribution in [3.05, 3.63) is 40.7 Å². The van der Waals surface area contributed by atoms with E-state index in [0.29, 0.717) is 22.7 Å². The number of aromatic nitrogens is 1. The molecule has 2 aliphatic heterocycles. The van der Waals surface area contributed by atoms with Gasteiger partial charge in [0.05, 0.1) is 17.4 Å². The molecule has 0 saturated carbocycles. The van der Waals surface area contributed by atoms with E-state index in [9.17, 15) is 14.4 Å². The fraction of sp³-hybridized carbons (Fsp3) is 0.286. The summed E-state index contributed by atoms with van der Waals surface area (Å²) in [6.07, 6.45) is 2.65. The van der Waals surface area contributed by atoms with Gasteiger partial charge in [-0.25, -0.2) is 0 Å². The first-order chi connectivity index (χ1) is 10.1. The Hall–Kier alpha value is -2.15. The summed E-state index contributed by atoms with van der Waals surface area (Å²) in [5.74, 6) is -1.81. The van der Waals surface area contributed by atoms with Gasteiger partial charge >= 0.3 is 5.97 Å². The molecule has 1 saturated heterocycles. The molecule has 3 rings (SSSR count). The van der Waals surface area contributed by atoms with Crippen LogP contribution in [0.3, 0.4) is 0 Å². The van der Waals surface area contributed by atoms with Crippen molar-refractivity contribution in [2.45, 2.75) is 6.42 Å². The lowest BCUT2D eigenvalue weighted by Gasteiger charge is -2.12. The van der Waals surface area contributed by atoms with Gasteiger partial charge < -0.3 is 10.0 Å². The average Bonchev–Trinajstić information content (AvgIpc) is 3.03. The van der Waals surface area contributed by atoms with Crippen LogP contribution in [0.4, 0.5) is 0 Å². The van der Waals surface area contributed by atoms with E-state index in [2.05, 4.69) is 4.98 Å². The zero-order valence-electron chi connectivity index (χ0n) is 11.0. The number of aliphatic carboxylic acids is 1. The van der Waals surface area contributed by atoms with Gasteiger partial charge in [-0.2, -0.15) is 0 Å². The summed E-state index contributed by atoms with van der Waals surface area (Å²) < 4.78 is 0. The molecular weight excluding hydrogens is 292 g/mol. The predicted molar refractivity (Wildman–Crippen MR) is 75.5 cm³/mol. The Morgan fingerprint density at radius 2 is 2.10 bits per heavy atom. The minimum atomic E-state index is -1.08. The Balaban J connectivity index is 2.03. The quantitative estimate of drug-likeness (QED) is 0.840. The lowest BCUT2D eigenvalue weighted by Crippen LogP contribution is -2.29. The minimum absolute atomic E-state index is 0.283. The molecule has 1 fully saturated rings. The van der Waals surface area contributed by atoms with Gasteiger partial charge in [0.2, 0.25) is 5.91 Å². The van der Waals surface area contributed by atoms with E-state index in [-0.39, 0.29) is 18.1 Å². The smallest absolute Gasteiger partial charge is 0.304 e. The molecule has 1 atom stereocenters. The summed E-state index contributed by atoms with van der Waals surface area (Å²) in [6, 6.07) is 3.14. The van der Waals surface area contributed by atoms with E-state index in [4.69, 9.17) is 5.11 Å². The van der Waals surface area contributed by atoms with E-state index in [1.54, 1.807) is 12.1 Å². The van der Waals surface area contributed by atoms with Crippen LogP contribution in [0.1, 0.15) is 16.8 Å². The minimum Gasteiger partial charge on any atom is -0.481 e. The molecule has 1 aromatic rings. The first kappa shape index (κ1) is 13.8. The van der Waals surface area contributed by atoms with Crippen LogP contribution in [0.5, 0.6) is 0 Å². The second-order valence-corrected chi connectivity index (χ2v) is 5.86. The highest BCUT2D eigenvalue weighted by Gasteiger charge is 2.45. The van der Waals surface area contributed by atoms with Crippen molar-refractivity contribution in [3.63, 3.8) is 0 Å². The van der Waals surface area contributed by atoms with Crippen LogP contribution in [0, 0.1) is 5.92 Å². The largest absolute Gasteiger partial charge is 0.481 e. The third kappa shape index (κ3) is 2.33. The van der Waals surface area contributed by atoms with Crippen molar-refractivity contribution in [2.75, 3.05) is 12.3 Å². The Bertz CT molecular complexity index is 656. The van der Waals surface area contributed by atoms with Crippen LogP contribution in [0.25, 0.3) is 0 Å². The Kier molecular flexibility index (Phi) is 3.50. The molecule has 0 aromatic carbocycles. The molecule has 0 spiro atoms. The number of nitrogens with zero attached hydrogens (tertiary/aromatic N) is 2. The van der Waals surface area contributed by atoms with Crippen molar-refractivity contribution in [1.82, 2.24) is 9.88 Å². The van der Waals surface area contributed by atoms with Crippen LogP contribution in [0.15, 0.2) is 35.1 Å². The van der Waals surface area contributed by atoms with E-state index in [1.807, 2.05) is 0 Å². The molecule has 3 heterocycles. The van der Waals surface area contributed by atoms with Crippen molar-refractivity contribution >= 4 is 29.4 Å². The summed E-state index contributed by atoms with van der Waals surface area (Å²) in [5.41, 5.74) is 0.737. The van der Waals surface area contributed by atoms with Crippen LogP contribution in [0.2, 0.25) is 0 Å². The Morgan fingerprint density at radius 1 is 1.38 bits per heavy atom. The van der Waals surface area contributed by atoms with Gasteiger partial charge in [0.25, 0.3) is 0 Å². The topological polar surface area (TPSA) is 87.6 Å². The number of ketones is 1. The van der Waals surface area contributed by atoms with Crippen molar-refractivity contribution in [1.29, 1.82) is 0 Å². The zero-order valence-corrected chi connectivity index (χ0v) is 11.8. The normalized spacial score (nSPS) is 20.9. The first-order valence-corrected chi connectivity index (χ1v) is 7.43. The highest BCUT2D eigenvalue weighted by atomic mass is 32.2. The SMILES string of the molecule is O=C(O)C[C@@H]1C(=O)N2CCSC2=C1C(=O)c1ccncc1. The molecular formula is C14H12N2O4S. The summed E-state index contributed by atoms with van der Waals surface area (Å²) >= 11 is 1.43. The number of carboxylic acid groups (broad SMARTS) is 1. The summed E-state index contributed by atoms with van der Waals surface area (Å²) in [7, 11) is 0. The molecule has 108 valence electrons. The van der Waals surface area contributed by atoms with E-state index >= 15 is 0 Å². The van der Waals surface area contributed by atoms with Crippen LogP contribution >= 0.6 is 11.8 Å². The fourth-order valence-electron chi connectivity index (χ4n) is 2.59. The second kappa shape index (κ2) is 5.33. The molecule has 7 heteroatoms. The molecule has 0 unspecified atom stereocenters. The number of fused-ring (bicyclic) bond motifs is 1. The van der Waals surface area contributed by atoms with Gasteiger partial charge in [0, 0.05) is 35.8 Å². The molecule has 1 amide bonds. The number of rotatable bonds is 4. The number of amides is 1. The molecule has 0 radical (unpaired) electrons. The molecule has 21 heavy (non-hydrogen) atoms. The monoisotopic (exact) mass is 304 g/mol. The second-order valence-electron chi connectivity index (χ2n) is 4.77. The van der Waals surface area contributed by atoms with Crippen LogP contribution in [-0.4, -0.2) is 44.9 Å². The Labute approximate surface area is 124 Å². The number of carbonyl (C=O) groups is 3. The third-order valence-corrected chi connectivity index (χ3v) is 4.61. The van der Waals surface area contributed by atoms with Crippen LogP contribution in [-0.2, 0) is 9.59 Å². The standard InChI is InChI=1S/C14H12N2O4S/c17-10(18)7-9-11(12(19)8-1-3-15-4-2-8)14-16(13(9)20)5-6-21-14/h1-4,9H,5-7H2,(H,17,18)/t9-/m0/s1. The molecule has 6 nitrogen and oxygen atoms in total. The van der Waals surface area contributed by atoms with Crippen molar-refractivity contribution in [3.8, 4) is 0 Å². The lowest BCUT2D eigenvalue weighted by molar-refractivity contribution is -0.141. The van der Waals surface area contributed by atoms with E-state index in [1.165, 1.54) is 29.1 Å². The number of thioether (sulfide) groups is 1. The highest BCUT2D eigenvalue weighted by molar-refractivity contribution is 8.03. The molecule has 1 aromatic heterocycles. The number of Topliss-reactive ketones (excluding diaryl/α,β-unsaturated/α-hetero) is 1. The third-order valence-electron chi connectivity index (χ3n) is 3.51. The maximum atomic E-state index is 12.7. The van der Waals surface area contributed by atoms with Gasteiger partial charge in [-0.1, -0.05) is 0 Å². The van der Waals surface area contributed by atoms with Gasteiger partial charge in [-0.3, -0.25) is 19.4 Å². The highest BCUT2D eigenvalue weighted by Crippen LogP contribution is 2.43. The first-order valence-electron chi connectivity index (χ1n) is 6.44. The molecule has 0 aliphatic carbocycles. The van der Waals surface area contributed by atoms with Gasteiger partial charge in [0.1, 0.15) is 0 Å². The fourth-order valence-corrected chi connectivity index (χ4v) is 3.78. The Morgan fingerprint density at radius 3 is 2.76 bits per heavy atom. The average molecular weight is 304 g/mol. The van der Waals surface area contributed by atoms with Gasteiger partial charge in [-0.15, -0.1) is 11.8 Å². The number of pyridine rings is 1. The summed E-state index contributed by atoms with van der Waals surface area (Å²) in [5, 5.41) is 9.62. The number of carbonyl (C=O) groups excluding carboxylic acids is 2. The number of hydrogen-bond donors (Lipinski definition) is 1. The maximum Gasteiger partial charge on any atom is 0.304 e. The molecule has 1 N–H and O–H groups in total. The van der Waals surface area contributed by atoms with Gasteiger partial charge in [0.15, 0.2) is 5.78 Å². The summed E-state index contributed by atoms with van der Waals surface area (Å²) in [6.45, 7) is 0.530. The van der Waals surface area contributed by atoms with Gasteiger partial charge in [-0.05, 0) is 12.1 Å². The molecule has 0 bridgehead atoms. The van der Waals surface area contributed by atoms with Crippen LogP contribution < -0.4 is 0 Å². The number of carboxylic acids is 1. The van der Waals surface area contributed by atoms with E-state index in [0.717, 1.165) is 5.75 Å². The predicted octanol–water partition coefficient (Wildman–Crippen LogP) is 1.16. The van der Waals surface area contributed by atoms with Crippen molar-refractivity contribution in [2.24, 2.45) is 5.92 Å². The van der Waals surface area contributed by atoms with Crippen molar-refractivity contribution < 1.29 is 19.5 Å².